The first kappa shape index (κ1) is 19.0. The lowest BCUT2D eigenvalue weighted by molar-refractivity contribution is 0.132. The monoisotopic (exact) mass is 397 g/mol. The molecule has 0 aliphatic rings. The maximum Gasteiger partial charge on any atom is 0.143 e. The van der Waals surface area contributed by atoms with Gasteiger partial charge in [-0.15, -0.1) is 0 Å². The molecule has 27 heavy (non-hydrogen) atoms. The second kappa shape index (κ2) is 8.30. The van der Waals surface area contributed by atoms with Gasteiger partial charge < -0.3 is 9.40 Å². The molecule has 1 heterocycles. The van der Waals surface area contributed by atoms with E-state index < -0.39 is 0 Å². The minimum Gasteiger partial charge on any atom is -0.391 e. The number of hydrogen-bond acceptors (Lipinski definition) is 3. The third kappa shape index (κ3) is 4.16. The van der Waals surface area contributed by atoms with E-state index in [4.69, 9.17) is 33.3 Å². The third-order valence-electron chi connectivity index (χ3n) is 4.25. The van der Waals surface area contributed by atoms with Crippen LogP contribution in [0.15, 0.2) is 53.7 Å². The van der Waals surface area contributed by atoms with Gasteiger partial charge in [-0.2, -0.15) is 5.26 Å². The summed E-state index contributed by atoms with van der Waals surface area (Å²) in [7, 11) is 0. The van der Waals surface area contributed by atoms with Crippen molar-refractivity contribution in [3.05, 3.63) is 86.7 Å². The van der Waals surface area contributed by atoms with Crippen LogP contribution < -0.4 is 0 Å². The van der Waals surface area contributed by atoms with E-state index in [1.165, 1.54) is 0 Å². The Morgan fingerprint density at radius 3 is 2.67 bits per heavy atom. The first-order chi connectivity index (χ1) is 13.0. The second-order valence-electron chi connectivity index (χ2n) is 6.03. The summed E-state index contributed by atoms with van der Waals surface area (Å²) >= 11 is 12.3. The lowest BCUT2D eigenvalue weighted by Gasteiger charge is -2.11. The topological polar surface area (TPSA) is 50.3 Å². The fourth-order valence-corrected chi connectivity index (χ4v) is 3.40. The highest BCUT2D eigenvalue weighted by Gasteiger charge is 2.12. The van der Waals surface area contributed by atoms with Gasteiger partial charge in [0.15, 0.2) is 0 Å². The van der Waals surface area contributed by atoms with Crippen LogP contribution in [0.25, 0.3) is 5.69 Å². The summed E-state index contributed by atoms with van der Waals surface area (Å²) in [4.78, 5) is 5.38. The van der Waals surface area contributed by atoms with Crippen molar-refractivity contribution in [2.45, 2.75) is 20.5 Å². The number of hydrogen-bond donors (Lipinski definition) is 0. The lowest BCUT2D eigenvalue weighted by Crippen LogP contribution is -2.00. The van der Waals surface area contributed by atoms with E-state index in [2.05, 4.69) is 11.2 Å². The first-order valence-corrected chi connectivity index (χ1v) is 9.04. The average Bonchev–Trinajstić information content (AvgIpc) is 2.93. The SMILES string of the molecule is Cc1cc(/C=N\OCc2ccccc2C#N)c(C)n1-c1ccc(Cl)cc1Cl. The molecule has 0 bridgehead atoms. The van der Waals surface area contributed by atoms with E-state index in [0.29, 0.717) is 15.6 Å². The van der Waals surface area contributed by atoms with Crippen LogP contribution >= 0.6 is 23.2 Å². The molecule has 0 radical (unpaired) electrons. The highest BCUT2D eigenvalue weighted by Crippen LogP contribution is 2.28. The molecule has 3 aromatic rings. The fraction of sp³-hybridized carbons (Fsp3) is 0.143. The predicted octanol–water partition coefficient (Wildman–Crippen LogP) is 5.82. The van der Waals surface area contributed by atoms with Gasteiger partial charge in [-0.05, 0) is 44.2 Å². The summed E-state index contributed by atoms with van der Waals surface area (Å²) in [5.74, 6) is 0. The predicted molar refractivity (Wildman–Crippen MR) is 109 cm³/mol. The summed E-state index contributed by atoms with van der Waals surface area (Å²) in [6.07, 6.45) is 1.66. The molecule has 0 fully saturated rings. The van der Waals surface area contributed by atoms with Crippen molar-refractivity contribution in [2.75, 3.05) is 0 Å². The van der Waals surface area contributed by atoms with Crippen LogP contribution in [0.2, 0.25) is 10.0 Å². The number of nitriles is 1. The Morgan fingerprint density at radius 2 is 1.93 bits per heavy atom. The summed E-state index contributed by atoms with van der Waals surface area (Å²) in [6, 6.07) is 16.9. The maximum atomic E-state index is 9.10. The van der Waals surface area contributed by atoms with Crippen molar-refractivity contribution in [1.82, 2.24) is 4.57 Å². The number of aromatic nitrogens is 1. The normalized spacial score (nSPS) is 10.9. The molecule has 0 atom stereocenters. The van der Waals surface area contributed by atoms with E-state index in [-0.39, 0.29) is 6.61 Å². The van der Waals surface area contributed by atoms with Gasteiger partial charge in [-0.1, -0.05) is 46.6 Å². The molecule has 0 saturated heterocycles. The van der Waals surface area contributed by atoms with Crippen LogP contribution in [-0.2, 0) is 11.4 Å². The Labute approximate surface area is 168 Å². The zero-order valence-corrected chi connectivity index (χ0v) is 16.4. The molecular formula is C21H17Cl2N3O. The van der Waals surface area contributed by atoms with Crippen LogP contribution in [0.1, 0.15) is 28.1 Å². The Morgan fingerprint density at radius 1 is 1.15 bits per heavy atom. The number of oxime groups is 1. The lowest BCUT2D eigenvalue weighted by atomic mass is 10.1. The molecule has 0 spiro atoms. The van der Waals surface area contributed by atoms with E-state index in [9.17, 15) is 0 Å². The second-order valence-corrected chi connectivity index (χ2v) is 6.88. The number of benzene rings is 2. The molecule has 6 heteroatoms. The summed E-state index contributed by atoms with van der Waals surface area (Å²) in [5.41, 5.74) is 5.18. The average molecular weight is 398 g/mol. The van der Waals surface area contributed by atoms with Gasteiger partial charge >= 0.3 is 0 Å². The van der Waals surface area contributed by atoms with Crippen LogP contribution in [0, 0.1) is 25.2 Å². The Bertz CT molecular complexity index is 1050. The molecule has 0 aliphatic carbocycles. The molecule has 3 rings (SSSR count). The molecule has 136 valence electrons. The maximum absolute atomic E-state index is 9.10. The van der Waals surface area contributed by atoms with E-state index >= 15 is 0 Å². The van der Waals surface area contributed by atoms with Crippen molar-refractivity contribution in [3.8, 4) is 11.8 Å². The van der Waals surface area contributed by atoms with Gasteiger partial charge in [0.2, 0.25) is 0 Å². The Kier molecular flexibility index (Phi) is 5.85. The molecule has 4 nitrogen and oxygen atoms in total. The highest BCUT2D eigenvalue weighted by molar-refractivity contribution is 6.35. The highest BCUT2D eigenvalue weighted by atomic mass is 35.5. The fourth-order valence-electron chi connectivity index (χ4n) is 2.91. The number of halogens is 2. The quantitative estimate of drug-likeness (QED) is 0.402. The van der Waals surface area contributed by atoms with Crippen molar-refractivity contribution < 1.29 is 4.84 Å². The standard InChI is InChI=1S/C21H17Cl2N3O/c1-14-9-18(12-25-27-13-17-6-4-3-5-16(17)11-24)15(2)26(14)21-8-7-19(22)10-20(21)23/h3-10,12H,13H2,1-2H3/b25-12-. The summed E-state index contributed by atoms with van der Waals surface area (Å²) in [6.45, 7) is 4.23. The number of aryl methyl sites for hydroxylation is 1. The Hall–Kier alpha value is -2.74. The molecule has 0 N–H and O–H groups in total. The first-order valence-electron chi connectivity index (χ1n) is 8.29. The third-order valence-corrected chi connectivity index (χ3v) is 4.78. The zero-order chi connectivity index (χ0) is 19.4. The number of rotatable bonds is 5. The van der Waals surface area contributed by atoms with Crippen molar-refractivity contribution >= 4 is 29.4 Å². The van der Waals surface area contributed by atoms with Crippen LogP contribution in [0.4, 0.5) is 0 Å². The van der Waals surface area contributed by atoms with Crippen molar-refractivity contribution in [1.29, 1.82) is 5.26 Å². The molecule has 0 unspecified atom stereocenters. The van der Waals surface area contributed by atoms with Crippen LogP contribution in [-0.4, -0.2) is 10.8 Å². The molecule has 0 aliphatic heterocycles. The summed E-state index contributed by atoms with van der Waals surface area (Å²) in [5, 5.41) is 14.3. The van der Waals surface area contributed by atoms with Crippen molar-refractivity contribution in [3.63, 3.8) is 0 Å². The molecule has 1 aromatic heterocycles. The molecule has 2 aromatic carbocycles. The van der Waals surface area contributed by atoms with Crippen molar-refractivity contribution in [2.24, 2.45) is 5.16 Å². The van der Waals surface area contributed by atoms with Crippen LogP contribution in [0.5, 0.6) is 0 Å². The van der Waals surface area contributed by atoms with Gasteiger partial charge in [-0.25, -0.2) is 0 Å². The van der Waals surface area contributed by atoms with Gasteiger partial charge in [0.25, 0.3) is 0 Å². The van der Waals surface area contributed by atoms with Gasteiger partial charge in [0.05, 0.1) is 28.6 Å². The van der Waals surface area contributed by atoms with E-state index in [1.807, 2.05) is 54.8 Å². The largest absolute Gasteiger partial charge is 0.391 e. The van der Waals surface area contributed by atoms with E-state index in [0.717, 1.165) is 28.2 Å². The number of nitrogens with zero attached hydrogens (tertiary/aromatic N) is 3. The molecule has 0 saturated carbocycles. The summed E-state index contributed by atoms with van der Waals surface area (Å²) < 4.78 is 2.05. The van der Waals surface area contributed by atoms with Gasteiger partial charge in [0.1, 0.15) is 6.61 Å². The minimum atomic E-state index is 0.238. The van der Waals surface area contributed by atoms with Gasteiger partial charge in [-0.3, -0.25) is 0 Å². The Balaban J connectivity index is 1.79. The molecular weight excluding hydrogens is 381 g/mol. The zero-order valence-electron chi connectivity index (χ0n) is 14.9. The minimum absolute atomic E-state index is 0.238. The van der Waals surface area contributed by atoms with E-state index in [1.54, 1.807) is 18.3 Å². The molecule has 0 amide bonds. The van der Waals surface area contributed by atoms with Gasteiger partial charge in [0, 0.05) is 27.5 Å². The van der Waals surface area contributed by atoms with Crippen LogP contribution in [0.3, 0.4) is 0 Å². The smallest absolute Gasteiger partial charge is 0.143 e.